The Balaban J connectivity index is 1.81. The maximum Gasteiger partial charge on any atom is 0.0396 e. The lowest BCUT2D eigenvalue weighted by atomic mass is 10.0. The van der Waals surface area contributed by atoms with Crippen molar-refractivity contribution in [1.82, 2.24) is 4.98 Å². The Labute approximate surface area is 136 Å². The zero-order chi connectivity index (χ0) is 14.7. The van der Waals surface area contributed by atoms with Crippen LogP contribution in [0, 0.1) is 0 Å². The molecule has 0 aliphatic heterocycles. The number of aromatic nitrogens is 1. The fraction of sp³-hybridized carbons (Fsp3) is 0.118. The van der Waals surface area contributed by atoms with Gasteiger partial charge in [-0.3, -0.25) is 4.98 Å². The molecule has 4 heteroatoms. The third-order valence-corrected chi connectivity index (χ3v) is 5.52. The summed E-state index contributed by atoms with van der Waals surface area (Å²) in [6.07, 6.45) is 3.70. The van der Waals surface area contributed by atoms with E-state index in [1.165, 1.54) is 15.8 Å². The number of pyridine rings is 1. The van der Waals surface area contributed by atoms with Crippen molar-refractivity contribution >= 4 is 38.5 Å². The lowest BCUT2D eigenvalue weighted by Gasteiger charge is -2.14. The van der Waals surface area contributed by atoms with E-state index in [1.54, 1.807) is 11.8 Å². The Kier molecular flexibility index (Phi) is 4.58. The zero-order valence-electron chi connectivity index (χ0n) is 11.4. The van der Waals surface area contributed by atoms with Gasteiger partial charge >= 0.3 is 0 Å². The van der Waals surface area contributed by atoms with Crippen molar-refractivity contribution in [1.29, 1.82) is 0 Å². The van der Waals surface area contributed by atoms with Crippen LogP contribution in [0.25, 0.3) is 10.8 Å². The van der Waals surface area contributed by atoms with Gasteiger partial charge in [0.1, 0.15) is 0 Å². The number of rotatable bonds is 4. The van der Waals surface area contributed by atoms with E-state index in [0.29, 0.717) is 0 Å². The summed E-state index contributed by atoms with van der Waals surface area (Å²) in [6, 6.07) is 16.5. The third kappa shape index (κ3) is 3.28. The molecule has 2 aromatic carbocycles. The second-order valence-corrected chi connectivity index (χ2v) is 6.71. The highest BCUT2D eigenvalue weighted by atomic mass is 79.9. The summed E-state index contributed by atoms with van der Waals surface area (Å²) < 4.78 is 1.12. The molecule has 0 bridgehead atoms. The Morgan fingerprint density at radius 3 is 2.81 bits per heavy atom. The van der Waals surface area contributed by atoms with E-state index in [9.17, 15) is 0 Å². The van der Waals surface area contributed by atoms with Crippen molar-refractivity contribution in [2.45, 2.75) is 10.9 Å². The standard InChI is InChI=1S/C17H15BrN2S/c18-15-6-1-2-7-17(15)21-11-16(19)14-5-3-4-12-10-20-9-8-13(12)14/h1-10,16H,11,19H2. The van der Waals surface area contributed by atoms with E-state index in [-0.39, 0.29) is 6.04 Å². The van der Waals surface area contributed by atoms with Gasteiger partial charge in [0, 0.05) is 38.9 Å². The normalized spacial score (nSPS) is 12.5. The van der Waals surface area contributed by atoms with Gasteiger partial charge in [0.25, 0.3) is 0 Å². The number of thioether (sulfide) groups is 1. The second-order valence-electron chi connectivity index (χ2n) is 4.79. The van der Waals surface area contributed by atoms with Crippen LogP contribution in [0.5, 0.6) is 0 Å². The first kappa shape index (κ1) is 14.6. The van der Waals surface area contributed by atoms with Gasteiger partial charge in [-0.05, 0) is 45.1 Å². The third-order valence-electron chi connectivity index (χ3n) is 3.37. The van der Waals surface area contributed by atoms with Gasteiger partial charge in [-0.25, -0.2) is 0 Å². The molecule has 3 rings (SSSR count). The van der Waals surface area contributed by atoms with Crippen molar-refractivity contribution in [3.05, 3.63) is 71.0 Å². The number of hydrogen-bond donors (Lipinski definition) is 1. The number of nitrogens with two attached hydrogens (primary N) is 1. The molecular weight excluding hydrogens is 344 g/mol. The Hall–Kier alpha value is -1.36. The first-order chi connectivity index (χ1) is 10.3. The van der Waals surface area contributed by atoms with Crippen LogP contribution in [-0.4, -0.2) is 10.7 Å². The molecular formula is C17H15BrN2S. The minimum absolute atomic E-state index is 0.00629. The quantitative estimate of drug-likeness (QED) is 0.681. The molecule has 1 heterocycles. The summed E-state index contributed by atoms with van der Waals surface area (Å²) in [7, 11) is 0. The first-order valence-corrected chi connectivity index (χ1v) is 8.49. The molecule has 0 fully saturated rings. The largest absolute Gasteiger partial charge is 0.323 e. The van der Waals surface area contributed by atoms with E-state index < -0.39 is 0 Å². The molecule has 2 N–H and O–H groups in total. The molecule has 1 atom stereocenters. The molecule has 21 heavy (non-hydrogen) atoms. The van der Waals surface area contributed by atoms with Crippen LogP contribution in [0.3, 0.4) is 0 Å². The summed E-state index contributed by atoms with van der Waals surface area (Å²) in [5.41, 5.74) is 7.58. The van der Waals surface area contributed by atoms with Crippen molar-refractivity contribution < 1.29 is 0 Å². The second kappa shape index (κ2) is 6.60. The highest BCUT2D eigenvalue weighted by Gasteiger charge is 2.11. The predicted molar refractivity (Wildman–Crippen MR) is 93.5 cm³/mol. The minimum atomic E-state index is -0.00629. The number of hydrogen-bond acceptors (Lipinski definition) is 3. The lowest BCUT2D eigenvalue weighted by molar-refractivity contribution is 0.839. The molecule has 0 aliphatic rings. The molecule has 0 aliphatic carbocycles. The van der Waals surface area contributed by atoms with Crippen LogP contribution in [0.15, 0.2) is 70.3 Å². The highest BCUT2D eigenvalue weighted by Crippen LogP contribution is 2.31. The monoisotopic (exact) mass is 358 g/mol. The Morgan fingerprint density at radius 1 is 1.10 bits per heavy atom. The number of fused-ring (bicyclic) bond motifs is 1. The summed E-state index contributed by atoms with van der Waals surface area (Å²) in [5, 5.41) is 2.32. The van der Waals surface area contributed by atoms with Gasteiger partial charge < -0.3 is 5.73 Å². The summed E-state index contributed by atoms with van der Waals surface area (Å²) in [4.78, 5) is 5.38. The molecule has 106 valence electrons. The van der Waals surface area contributed by atoms with Gasteiger partial charge in [-0.15, -0.1) is 11.8 Å². The van der Waals surface area contributed by atoms with Gasteiger partial charge in [0.05, 0.1) is 0 Å². The molecule has 2 nitrogen and oxygen atoms in total. The zero-order valence-corrected chi connectivity index (χ0v) is 13.8. The van der Waals surface area contributed by atoms with Crippen LogP contribution >= 0.6 is 27.7 Å². The average Bonchev–Trinajstić information content (AvgIpc) is 2.53. The van der Waals surface area contributed by atoms with Crippen LogP contribution in [0.1, 0.15) is 11.6 Å². The molecule has 1 unspecified atom stereocenters. The van der Waals surface area contributed by atoms with Crippen molar-refractivity contribution in [2.75, 3.05) is 5.75 Å². The van der Waals surface area contributed by atoms with E-state index in [1.807, 2.05) is 36.7 Å². The molecule has 1 aromatic heterocycles. The maximum absolute atomic E-state index is 6.40. The van der Waals surface area contributed by atoms with Gasteiger partial charge in [-0.2, -0.15) is 0 Å². The van der Waals surface area contributed by atoms with Crippen LogP contribution in [-0.2, 0) is 0 Å². The molecule has 0 saturated heterocycles. The van der Waals surface area contributed by atoms with E-state index >= 15 is 0 Å². The van der Waals surface area contributed by atoms with Crippen LogP contribution in [0.2, 0.25) is 0 Å². The number of halogens is 1. The topological polar surface area (TPSA) is 38.9 Å². The highest BCUT2D eigenvalue weighted by molar-refractivity contribution is 9.10. The van der Waals surface area contributed by atoms with Crippen LogP contribution < -0.4 is 5.73 Å². The lowest BCUT2D eigenvalue weighted by Crippen LogP contribution is -2.13. The fourth-order valence-corrected chi connectivity index (χ4v) is 3.85. The van der Waals surface area contributed by atoms with Crippen molar-refractivity contribution in [3.63, 3.8) is 0 Å². The first-order valence-electron chi connectivity index (χ1n) is 6.71. The van der Waals surface area contributed by atoms with E-state index in [2.05, 4.69) is 45.2 Å². The smallest absolute Gasteiger partial charge is 0.0396 e. The molecule has 0 saturated carbocycles. The van der Waals surface area contributed by atoms with Gasteiger partial charge in [0.15, 0.2) is 0 Å². The van der Waals surface area contributed by atoms with E-state index in [4.69, 9.17) is 5.73 Å². The van der Waals surface area contributed by atoms with Gasteiger partial charge in [0.2, 0.25) is 0 Å². The Bertz CT molecular complexity index is 755. The number of benzene rings is 2. The number of nitrogens with zero attached hydrogens (tertiary/aromatic N) is 1. The SMILES string of the molecule is NC(CSc1ccccc1Br)c1cccc2cnccc12. The van der Waals surface area contributed by atoms with E-state index in [0.717, 1.165) is 15.6 Å². The molecule has 0 radical (unpaired) electrons. The predicted octanol–water partition coefficient (Wildman–Crippen LogP) is 4.79. The molecule has 3 aromatic rings. The minimum Gasteiger partial charge on any atom is -0.323 e. The maximum atomic E-state index is 6.40. The summed E-state index contributed by atoms with van der Waals surface area (Å²) in [6.45, 7) is 0. The van der Waals surface area contributed by atoms with Crippen molar-refractivity contribution in [2.24, 2.45) is 5.73 Å². The van der Waals surface area contributed by atoms with Gasteiger partial charge in [-0.1, -0.05) is 30.3 Å². The molecule has 0 amide bonds. The van der Waals surface area contributed by atoms with Crippen LogP contribution in [0.4, 0.5) is 0 Å². The Morgan fingerprint density at radius 2 is 1.95 bits per heavy atom. The fourth-order valence-electron chi connectivity index (χ4n) is 2.30. The van der Waals surface area contributed by atoms with Crippen molar-refractivity contribution in [3.8, 4) is 0 Å². The molecule has 0 spiro atoms. The summed E-state index contributed by atoms with van der Waals surface area (Å²) >= 11 is 5.34. The average molecular weight is 359 g/mol. The summed E-state index contributed by atoms with van der Waals surface area (Å²) in [5.74, 6) is 0.837.